The highest BCUT2D eigenvalue weighted by Crippen LogP contribution is 2.50. The zero-order chi connectivity index (χ0) is 20.5. The molecule has 4 rings (SSSR count). The Labute approximate surface area is 170 Å². The maximum Gasteiger partial charge on any atom is 0.338 e. The summed E-state index contributed by atoms with van der Waals surface area (Å²) in [5.41, 5.74) is 2.21. The third-order valence-corrected chi connectivity index (χ3v) is 5.79. The normalized spacial score (nSPS) is 23.3. The fourth-order valence-electron chi connectivity index (χ4n) is 4.42. The molecule has 7 nitrogen and oxygen atoms in total. The van der Waals surface area contributed by atoms with E-state index in [1.807, 2.05) is 17.0 Å². The van der Waals surface area contributed by atoms with Gasteiger partial charge in [0.25, 0.3) is 0 Å². The Kier molecular flexibility index (Phi) is 5.22. The molecular formula is C22H26N4O3. The number of hydrogen-bond donors (Lipinski definition) is 1. The first kappa shape index (κ1) is 19.4. The van der Waals surface area contributed by atoms with Crippen LogP contribution in [0.2, 0.25) is 0 Å². The molecule has 152 valence electrons. The van der Waals surface area contributed by atoms with Gasteiger partial charge in [0.2, 0.25) is 11.9 Å². The quantitative estimate of drug-likeness (QED) is 0.780. The second-order valence-electron chi connectivity index (χ2n) is 7.76. The molecule has 29 heavy (non-hydrogen) atoms. The van der Waals surface area contributed by atoms with E-state index >= 15 is 0 Å². The van der Waals surface area contributed by atoms with Crippen LogP contribution in [-0.4, -0.2) is 34.5 Å². The molecule has 7 heteroatoms. The molecular weight excluding hydrogens is 368 g/mol. The lowest BCUT2D eigenvalue weighted by Gasteiger charge is -2.45. The lowest BCUT2D eigenvalue weighted by Crippen LogP contribution is -2.51. The number of carbonyl (C=O) groups is 2. The summed E-state index contributed by atoms with van der Waals surface area (Å²) in [6.45, 7) is 5.86. The van der Waals surface area contributed by atoms with Gasteiger partial charge in [0.1, 0.15) is 0 Å². The number of ether oxygens (including phenoxy) is 1. The van der Waals surface area contributed by atoms with Crippen LogP contribution in [0.15, 0.2) is 36.7 Å². The molecule has 2 heterocycles. The van der Waals surface area contributed by atoms with Crippen LogP contribution in [0.4, 0.5) is 11.6 Å². The van der Waals surface area contributed by atoms with Gasteiger partial charge in [-0.1, -0.05) is 6.92 Å². The van der Waals surface area contributed by atoms with E-state index in [9.17, 15) is 9.59 Å². The molecule has 1 N–H and O–H groups in total. The van der Waals surface area contributed by atoms with Crippen molar-refractivity contribution in [3.8, 4) is 0 Å². The van der Waals surface area contributed by atoms with Crippen LogP contribution in [0.5, 0.6) is 0 Å². The Morgan fingerprint density at radius 2 is 1.97 bits per heavy atom. The average molecular weight is 394 g/mol. The van der Waals surface area contributed by atoms with Crippen molar-refractivity contribution in [3.05, 3.63) is 47.8 Å². The summed E-state index contributed by atoms with van der Waals surface area (Å²) < 4.78 is 5.18. The molecule has 3 atom stereocenters. The Morgan fingerprint density at radius 1 is 1.24 bits per heavy atom. The molecule has 2 aromatic rings. The van der Waals surface area contributed by atoms with Crippen molar-refractivity contribution in [2.45, 2.75) is 45.7 Å². The second kappa shape index (κ2) is 7.81. The number of benzene rings is 1. The van der Waals surface area contributed by atoms with Gasteiger partial charge in [-0.3, -0.25) is 4.79 Å². The Hall–Kier alpha value is -2.96. The number of anilines is 2. The maximum atomic E-state index is 12.6. The number of nitrogens with one attached hydrogen (secondary N) is 1. The summed E-state index contributed by atoms with van der Waals surface area (Å²) in [6.07, 6.45) is 5.64. The molecule has 1 saturated carbocycles. The van der Waals surface area contributed by atoms with Crippen LogP contribution < -0.4 is 10.2 Å². The van der Waals surface area contributed by atoms with Crippen LogP contribution in [0.25, 0.3) is 0 Å². The van der Waals surface area contributed by atoms with Crippen LogP contribution in [-0.2, 0) is 9.53 Å². The van der Waals surface area contributed by atoms with Gasteiger partial charge in [-0.05, 0) is 55.5 Å². The molecule has 1 amide bonds. The van der Waals surface area contributed by atoms with Crippen LogP contribution in [0.3, 0.4) is 0 Å². The molecule has 0 radical (unpaired) electrons. The predicted molar refractivity (Wildman–Crippen MR) is 110 cm³/mol. The Morgan fingerprint density at radius 3 is 2.59 bits per heavy atom. The Balaban J connectivity index is 1.81. The minimum absolute atomic E-state index is 0.0216. The molecule has 1 fully saturated rings. The lowest BCUT2D eigenvalue weighted by atomic mass is 9.79. The molecule has 0 saturated heterocycles. The van der Waals surface area contributed by atoms with E-state index < -0.39 is 0 Å². The number of esters is 1. The summed E-state index contributed by atoms with van der Waals surface area (Å²) in [5, 5.41) is 3.44. The first-order valence-electron chi connectivity index (χ1n) is 10.2. The monoisotopic (exact) mass is 394 g/mol. The molecule has 2 aliphatic rings. The zero-order valence-electron chi connectivity index (χ0n) is 17.0. The average Bonchev–Trinajstić information content (AvgIpc) is 3.55. The van der Waals surface area contributed by atoms with Crippen LogP contribution >= 0.6 is 0 Å². The number of nitrogens with zero attached hydrogens (tertiary/aromatic N) is 3. The van der Waals surface area contributed by atoms with Crippen molar-refractivity contribution in [1.29, 1.82) is 0 Å². The fraction of sp³-hybridized carbons (Fsp3) is 0.455. The number of amides is 1. The molecule has 1 aromatic carbocycles. The van der Waals surface area contributed by atoms with Crippen molar-refractivity contribution < 1.29 is 14.3 Å². The standard InChI is InChI=1S/C22H26N4O3/c1-4-29-21(28)16-8-9-18-17(12-16)19(25-22-23-10-5-11-24-22)13(2)20(15-6-7-15)26(18)14(3)27/h5,8-13,15,19-20H,4,6-7H2,1-3H3,(H,23,24,25). The van der Waals surface area contributed by atoms with E-state index in [4.69, 9.17) is 4.74 Å². The van der Waals surface area contributed by atoms with E-state index in [1.165, 1.54) is 0 Å². The Bertz CT molecular complexity index is 914. The van der Waals surface area contributed by atoms with Gasteiger partial charge in [0.05, 0.1) is 18.2 Å². The van der Waals surface area contributed by atoms with E-state index in [-0.39, 0.29) is 29.9 Å². The van der Waals surface area contributed by atoms with Gasteiger partial charge in [-0.15, -0.1) is 0 Å². The minimum atomic E-state index is -0.364. The number of rotatable bonds is 5. The van der Waals surface area contributed by atoms with E-state index in [0.717, 1.165) is 24.1 Å². The number of hydrogen-bond acceptors (Lipinski definition) is 6. The number of fused-ring (bicyclic) bond motifs is 1. The van der Waals surface area contributed by atoms with Crippen molar-refractivity contribution >= 4 is 23.5 Å². The van der Waals surface area contributed by atoms with Crippen LogP contribution in [0.1, 0.15) is 55.6 Å². The summed E-state index contributed by atoms with van der Waals surface area (Å²) in [7, 11) is 0. The lowest BCUT2D eigenvalue weighted by molar-refractivity contribution is -0.117. The first-order chi connectivity index (χ1) is 14.0. The first-order valence-corrected chi connectivity index (χ1v) is 10.2. The van der Waals surface area contributed by atoms with E-state index in [2.05, 4.69) is 22.2 Å². The van der Waals surface area contributed by atoms with Gasteiger partial charge in [0, 0.05) is 37.0 Å². The molecule has 0 spiro atoms. The third kappa shape index (κ3) is 3.69. The molecule has 1 aliphatic carbocycles. The smallest absolute Gasteiger partial charge is 0.338 e. The predicted octanol–water partition coefficient (Wildman–Crippen LogP) is 3.59. The topological polar surface area (TPSA) is 84.4 Å². The van der Waals surface area contributed by atoms with E-state index in [0.29, 0.717) is 24.0 Å². The molecule has 1 aliphatic heterocycles. The van der Waals surface area contributed by atoms with Crippen molar-refractivity contribution in [3.63, 3.8) is 0 Å². The fourth-order valence-corrected chi connectivity index (χ4v) is 4.42. The van der Waals surface area contributed by atoms with Gasteiger partial charge in [-0.2, -0.15) is 0 Å². The molecule has 3 unspecified atom stereocenters. The van der Waals surface area contributed by atoms with Crippen molar-refractivity contribution in [2.24, 2.45) is 11.8 Å². The van der Waals surface area contributed by atoms with Gasteiger partial charge in [-0.25, -0.2) is 14.8 Å². The van der Waals surface area contributed by atoms with Gasteiger partial charge >= 0.3 is 5.97 Å². The maximum absolute atomic E-state index is 12.6. The second-order valence-corrected chi connectivity index (χ2v) is 7.76. The summed E-state index contributed by atoms with van der Waals surface area (Å²) in [5.74, 6) is 0.806. The van der Waals surface area contributed by atoms with Gasteiger partial charge < -0.3 is 15.0 Å². The summed E-state index contributed by atoms with van der Waals surface area (Å²) >= 11 is 0. The summed E-state index contributed by atoms with van der Waals surface area (Å²) in [6, 6.07) is 7.20. The highest BCUT2D eigenvalue weighted by Gasteiger charge is 2.47. The highest BCUT2D eigenvalue weighted by molar-refractivity contribution is 5.96. The number of carbonyl (C=O) groups excluding carboxylic acids is 2. The van der Waals surface area contributed by atoms with Crippen molar-refractivity contribution in [1.82, 2.24) is 9.97 Å². The third-order valence-electron chi connectivity index (χ3n) is 5.79. The van der Waals surface area contributed by atoms with Crippen molar-refractivity contribution in [2.75, 3.05) is 16.8 Å². The van der Waals surface area contributed by atoms with Gasteiger partial charge in [0.15, 0.2) is 0 Å². The largest absolute Gasteiger partial charge is 0.462 e. The minimum Gasteiger partial charge on any atom is -0.462 e. The zero-order valence-corrected chi connectivity index (χ0v) is 17.0. The number of aromatic nitrogens is 2. The molecule has 0 bridgehead atoms. The van der Waals surface area contributed by atoms with Crippen LogP contribution in [0, 0.1) is 11.8 Å². The SMILES string of the molecule is CCOC(=O)c1ccc2c(c1)C(Nc1ncccn1)C(C)C(C1CC1)N2C(C)=O. The highest BCUT2D eigenvalue weighted by atomic mass is 16.5. The molecule has 1 aromatic heterocycles. The summed E-state index contributed by atoms with van der Waals surface area (Å²) in [4.78, 5) is 35.5. The van der Waals surface area contributed by atoms with E-state index in [1.54, 1.807) is 38.4 Å².